The third kappa shape index (κ3) is 3.57. The van der Waals surface area contributed by atoms with Gasteiger partial charge in [0.05, 0.1) is 14.2 Å². The molecule has 0 aliphatic carbocycles. The molecule has 0 heterocycles. The van der Waals surface area contributed by atoms with E-state index in [1.54, 1.807) is 37.5 Å². The van der Waals surface area contributed by atoms with E-state index in [9.17, 15) is 10.1 Å². The third-order valence-electron chi connectivity index (χ3n) is 4.08. The molecule has 0 bridgehead atoms. The van der Waals surface area contributed by atoms with Gasteiger partial charge in [-0.25, -0.2) is 0 Å². The quantitative estimate of drug-likeness (QED) is 0.384. The van der Waals surface area contributed by atoms with Crippen molar-refractivity contribution in [1.29, 1.82) is 5.26 Å². The number of nitriles is 1. The molecule has 3 aromatic rings. The minimum atomic E-state index is -0.332. The standard InChI is InChI=1S/C22H17NO3/c1-25-20-5-3-4-18(13-20)22(24)19(14-23)11-15-6-7-17-12-21(26-2)9-8-16(17)10-15/h3-13H,1-2H3/b19-11+. The monoisotopic (exact) mass is 343 g/mol. The van der Waals surface area contributed by atoms with Gasteiger partial charge in [-0.3, -0.25) is 4.79 Å². The molecule has 0 fully saturated rings. The summed E-state index contributed by atoms with van der Waals surface area (Å²) in [6, 6.07) is 20.3. The molecule has 3 aromatic carbocycles. The van der Waals surface area contributed by atoms with Crippen LogP contribution in [-0.2, 0) is 0 Å². The summed E-state index contributed by atoms with van der Waals surface area (Å²) >= 11 is 0. The minimum absolute atomic E-state index is 0.0751. The topological polar surface area (TPSA) is 59.3 Å². The SMILES string of the molecule is COc1cccc(C(=O)/C(C#N)=C/c2ccc3cc(OC)ccc3c2)c1. The van der Waals surface area contributed by atoms with Crippen molar-refractivity contribution >= 4 is 22.6 Å². The number of rotatable bonds is 5. The summed E-state index contributed by atoms with van der Waals surface area (Å²) in [6.07, 6.45) is 1.60. The zero-order chi connectivity index (χ0) is 18.5. The van der Waals surface area contributed by atoms with Gasteiger partial charge in [-0.15, -0.1) is 0 Å². The Morgan fingerprint density at radius 1 is 0.923 bits per heavy atom. The van der Waals surface area contributed by atoms with Crippen molar-refractivity contribution < 1.29 is 14.3 Å². The molecule has 0 amide bonds. The van der Waals surface area contributed by atoms with Crippen molar-refractivity contribution in [3.63, 3.8) is 0 Å². The Bertz CT molecular complexity index is 1040. The number of ether oxygens (including phenoxy) is 2. The number of allylic oxidation sites excluding steroid dienone is 1. The Balaban J connectivity index is 1.96. The predicted molar refractivity (Wildman–Crippen MR) is 101 cm³/mol. The Morgan fingerprint density at radius 3 is 2.35 bits per heavy atom. The fraction of sp³-hybridized carbons (Fsp3) is 0.0909. The Hall–Kier alpha value is -3.58. The second kappa shape index (κ2) is 7.54. The van der Waals surface area contributed by atoms with E-state index in [1.807, 2.05) is 42.5 Å². The summed E-state index contributed by atoms with van der Waals surface area (Å²) in [5.41, 5.74) is 1.28. The van der Waals surface area contributed by atoms with Crippen LogP contribution in [0.25, 0.3) is 16.8 Å². The maximum absolute atomic E-state index is 12.6. The van der Waals surface area contributed by atoms with Crippen LogP contribution < -0.4 is 9.47 Å². The Kier molecular flexibility index (Phi) is 5.00. The summed E-state index contributed by atoms with van der Waals surface area (Å²) < 4.78 is 10.4. The van der Waals surface area contributed by atoms with Crippen molar-refractivity contribution in [1.82, 2.24) is 0 Å². The van der Waals surface area contributed by atoms with Crippen LogP contribution in [-0.4, -0.2) is 20.0 Å². The maximum Gasteiger partial charge on any atom is 0.203 e. The van der Waals surface area contributed by atoms with E-state index >= 15 is 0 Å². The fourth-order valence-corrected chi connectivity index (χ4v) is 2.69. The van der Waals surface area contributed by atoms with Gasteiger partial charge in [0, 0.05) is 5.56 Å². The number of hydrogen-bond acceptors (Lipinski definition) is 4. The summed E-state index contributed by atoms with van der Waals surface area (Å²) in [4.78, 5) is 12.6. The van der Waals surface area contributed by atoms with E-state index in [2.05, 4.69) is 0 Å². The fourth-order valence-electron chi connectivity index (χ4n) is 2.69. The average molecular weight is 343 g/mol. The van der Waals surface area contributed by atoms with Gasteiger partial charge < -0.3 is 9.47 Å². The van der Waals surface area contributed by atoms with Crippen molar-refractivity contribution in [3.8, 4) is 17.6 Å². The number of nitrogens with zero attached hydrogens (tertiary/aromatic N) is 1. The van der Waals surface area contributed by atoms with E-state index in [1.165, 1.54) is 7.11 Å². The molecule has 4 nitrogen and oxygen atoms in total. The first-order valence-corrected chi connectivity index (χ1v) is 8.03. The molecule has 0 N–H and O–H groups in total. The van der Waals surface area contributed by atoms with Crippen molar-refractivity contribution in [2.45, 2.75) is 0 Å². The first-order valence-electron chi connectivity index (χ1n) is 8.03. The highest BCUT2D eigenvalue weighted by Crippen LogP contribution is 2.23. The number of carbonyl (C=O) groups is 1. The van der Waals surface area contributed by atoms with Gasteiger partial charge >= 0.3 is 0 Å². The van der Waals surface area contributed by atoms with Crippen LogP contribution in [0.3, 0.4) is 0 Å². The molecule has 0 radical (unpaired) electrons. The molecule has 0 saturated carbocycles. The van der Waals surface area contributed by atoms with E-state index < -0.39 is 0 Å². The van der Waals surface area contributed by atoms with Crippen molar-refractivity contribution in [3.05, 3.63) is 77.4 Å². The van der Waals surface area contributed by atoms with E-state index in [0.29, 0.717) is 11.3 Å². The number of fused-ring (bicyclic) bond motifs is 1. The number of benzene rings is 3. The van der Waals surface area contributed by atoms with Gasteiger partial charge in [0.15, 0.2) is 0 Å². The molecule has 0 saturated heterocycles. The number of methoxy groups -OCH3 is 2. The van der Waals surface area contributed by atoms with Crippen molar-refractivity contribution in [2.75, 3.05) is 14.2 Å². The predicted octanol–water partition coefficient (Wildman–Crippen LogP) is 4.65. The highest BCUT2D eigenvalue weighted by atomic mass is 16.5. The second-order valence-electron chi connectivity index (χ2n) is 5.70. The van der Waals surface area contributed by atoms with Gasteiger partial charge in [-0.05, 0) is 52.7 Å². The van der Waals surface area contributed by atoms with Gasteiger partial charge in [-0.2, -0.15) is 5.26 Å². The lowest BCUT2D eigenvalue weighted by molar-refractivity contribution is 0.103. The Morgan fingerprint density at radius 2 is 1.62 bits per heavy atom. The summed E-state index contributed by atoms with van der Waals surface area (Å²) in [5.74, 6) is 1.03. The van der Waals surface area contributed by atoms with Crippen LogP contribution in [0.2, 0.25) is 0 Å². The summed E-state index contributed by atoms with van der Waals surface area (Å²) in [7, 11) is 3.16. The first-order chi connectivity index (χ1) is 12.6. The van der Waals surface area contributed by atoms with Gasteiger partial charge in [0.25, 0.3) is 0 Å². The lowest BCUT2D eigenvalue weighted by Gasteiger charge is -2.05. The van der Waals surface area contributed by atoms with E-state index in [4.69, 9.17) is 9.47 Å². The van der Waals surface area contributed by atoms with Crippen LogP contribution in [0.4, 0.5) is 0 Å². The molecule has 0 unspecified atom stereocenters. The van der Waals surface area contributed by atoms with E-state index in [0.717, 1.165) is 22.1 Å². The van der Waals surface area contributed by atoms with Crippen LogP contribution in [0.1, 0.15) is 15.9 Å². The highest BCUT2D eigenvalue weighted by molar-refractivity contribution is 6.14. The normalized spacial score (nSPS) is 11.0. The molecular weight excluding hydrogens is 326 g/mol. The molecule has 128 valence electrons. The lowest BCUT2D eigenvalue weighted by atomic mass is 10.00. The number of carbonyl (C=O) groups excluding carboxylic acids is 1. The molecule has 3 rings (SSSR count). The second-order valence-corrected chi connectivity index (χ2v) is 5.70. The largest absolute Gasteiger partial charge is 0.497 e. The van der Waals surface area contributed by atoms with Crippen LogP contribution >= 0.6 is 0 Å². The van der Waals surface area contributed by atoms with Gasteiger partial charge in [-0.1, -0.05) is 30.3 Å². The number of ketones is 1. The smallest absolute Gasteiger partial charge is 0.203 e. The van der Waals surface area contributed by atoms with Crippen molar-refractivity contribution in [2.24, 2.45) is 0 Å². The lowest BCUT2D eigenvalue weighted by Crippen LogP contribution is -2.02. The molecule has 0 aromatic heterocycles. The molecule has 0 aliphatic heterocycles. The minimum Gasteiger partial charge on any atom is -0.497 e. The van der Waals surface area contributed by atoms with Crippen LogP contribution in [0.5, 0.6) is 11.5 Å². The zero-order valence-electron chi connectivity index (χ0n) is 14.5. The van der Waals surface area contributed by atoms with Gasteiger partial charge in [0.1, 0.15) is 23.1 Å². The summed E-state index contributed by atoms with van der Waals surface area (Å²) in [6.45, 7) is 0. The number of hydrogen-bond donors (Lipinski definition) is 0. The molecule has 26 heavy (non-hydrogen) atoms. The first kappa shape index (κ1) is 17.2. The molecule has 4 heteroatoms. The van der Waals surface area contributed by atoms with Crippen LogP contribution in [0.15, 0.2) is 66.2 Å². The average Bonchev–Trinajstić information content (AvgIpc) is 2.71. The molecular formula is C22H17NO3. The Labute approximate surface area is 151 Å². The highest BCUT2D eigenvalue weighted by Gasteiger charge is 2.13. The summed E-state index contributed by atoms with van der Waals surface area (Å²) in [5, 5.41) is 11.5. The third-order valence-corrected chi connectivity index (χ3v) is 4.08. The maximum atomic E-state index is 12.6. The number of Topliss-reactive ketones (excluding diaryl/α,β-unsaturated/α-hetero) is 1. The van der Waals surface area contributed by atoms with E-state index in [-0.39, 0.29) is 11.4 Å². The molecule has 0 aliphatic rings. The zero-order valence-corrected chi connectivity index (χ0v) is 14.5. The molecule has 0 spiro atoms. The van der Waals surface area contributed by atoms with Crippen LogP contribution in [0, 0.1) is 11.3 Å². The van der Waals surface area contributed by atoms with Gasteiger partial charge in [0.2, 0.25) is 5.78 Å². The molecule has 0 atom stereocenters.